The fourth-order valence-corrected chi connectivity index (χ4v) is 2.28. The van der Waals surface area contributed by atoms with Crippen molar-refractivity contribution in [2.75, 3.05) is 18.9 Å². The third-order valence-electron chi connectivity index (χ3n) is 3.90. The van der Waals surface area contributed by atoms with Crippen LogP contribution in [0.2, 0.25) is 0 Å². The molecule has 108 valence electrons. The number of benzene rings is 1. The van der Waals surface area contributed by atoms with Crippen LogP contribution in [0.3, 0.4) is 0 Å². The summed E-state index contributed by atoms with van der Waals surface area (Å²) in [6.45, 7) is 0.740. The molecule has 5 nitrogen and oxygen atoms in total. The molecule has 3 N–H and O–H groups in total. The summed E-state index contributed by atoms with van der Waals surface area (Å²) in [4.78, 5) is 25.6. The van der Waals surface area contributed by atoms with E-state index in [1.54, 1.807) is 18.0 Å². The van der Waals surface area contributed by atoms with E-state index in [-0.39, 0.29) is 24.2 Å². The maximum absolute atomic E-state index is 12.1. The van der Waals surface area contributed by atoms with Crippen LogP contribution < -0.4 is 11.1 Å². The van der Waals surface area contributed by atoms with Gasteiger partial charge in [0.25, 0.3) is 5.91 Å². The highest BCUT2D eigenvalue weighted by Gasteiger charge is 2.46. The second kappa shape index (κ2) is 5.07. The van der Waals surface area contributed by atoms with Gasteiger partial charge in [0.15, 0.2) is 0 Å². The molecule has 0 radical (unpaired) electrons. The normalized spacial score (nSPS) is 18.9. The minimum absolute atomic E-state index is 0. The van der Waals surface area contributed by atoms with Crippen LogP contribution in [-0.2, 0) is 11.2 Å². The first-order chi connectivity index (χ1) is 8.99. The lowest BCUT2D eigenvalue weighted by atomic mass is 9.98. The van der Waals surface area contributed by atoms with E-state index in [0.717, 1.165) is 31.4 Å². The van der Waals surface area contributed by atoms with Crippen molar-refractivity contribution in [1.29, 1.82) is 0 Å². The molecule has 20 heavy (non-hydrogen) atoms. The Morgan fingerprint density at radius 3 is 2.75 bits per heavy atom. The van der Waals surface area contributed by atoms with Crippen LogP contribution in [-0.4, -0.2) is 35.8 Å². The molecule has 0 bridgehead atoms. The van der Waals surface area contributed by atoms with Crippen molar-refractivity contribution < 1.29 is 9.59 Å². The lowest BCUT2D eigenvalue weighted by Gasteiger charge is -2.25. The number of likely N-dealkylation sites (N-methyl/N-ethyl adjacent to an activating group) is 1. The number of amides is 2. The second-order valence-electron chi connectivity index (χ2n) is 5.46. The first-order valence-corrected chi connectivity index (χ1v) is 6.48. The molecule has 0 spiro atoms. The molecule has 0 atom stereocenters. The zero-order chi connectivity index (χ0) is 13.6. The predicted molar refractivity (Wildman–Crippen MR) is 79.1 cm³/mol. The maximum atomic E-state index is 12.1. The molecule has 6 heteroatoms. The van der Waals surface area contributed by atoms with Crippen LogP contribution in [0, 0.1) is 0 Å². The topological polar surface area (TPSA) is 75.4 Å². The van der Waals surface area contributed by atoms with Crippen molar-refractivity contribution in [3.63, 3.8) is 0 Å². The summed E-state index contributed by atoms with van der Waals surface area (Å²) in [5, 5.41) is 2.80. The molecule has 1 saturated carbocycles. The zero-order valence-corrected chi connectivity index (χ0v) is 12.1. The number of nitrogens with two attached hydrogens (primary N) is 1. The number of fused-ring (bicyclic) bond motifs is 1. The van der Waals surface area contributed by atoms with Gasteiger partial charge in [-0.2, -0.15) is 0 Å². The summed E-state index contributed by atoms with van der Waals surface area (Å²) in [6, 6.07) is 5.49. The van der Waals surface area contributed by atoms with E-state index in [2.05, 4.69) is 5.32 Å². The Morgan fingerprint density at radius 1 is 1.40 bits per heavy atom. The van der Waals surface area contributed by atoms with E-state index in [1.165, 1.54) is 0 Å². The minimum atomic E-state index is -0.698. The molecule has 1 aliphatic carbocycles. The molecule has 2 aliphatic rings. The highest BCUT2D eigenvalue weighted by molar-refractivity contribution is 6.02. The average molecular weight is 296 g/mol. The number of hydrogen-bond acceptors (Lipinski definition) is 3. The van der Waals surface area contributed by atoms with Crippen molar-refractivity contribution in [1.82, 2.24) is 4.90 Å². The largest absolute Gasteiger partial charge is 0.341 e. The van der Waals surface area contributed by atoms with Crippen molar-refractivity contribution in [3.05, 3.63) is 29.3 Å². The maximum Gasteiger partial charge on any atom is 0.253 e. The van der Waals surface area contributed by atoms with Crippen LogP contribution in [0.4, 0.5) is 5.69 Å². The Kier molecular flexibility index (Phi) is 3.75. The van der Waals surface area contributed by atoms with Crippen molar-refractivity contribution in [2.45, 2.75) is 24.8 Å². The van der Waals surface area contributed by atoms with Crippen LogP contribution in [0.15, 0.2) is 18.2 Å². The van der Waals surface area contributed by atoms with Crippen molar-refractivity contribution >= 4 is 29.9 Å². The number of halogens is 1. The summed E-state index contributed by atoms with van der Waals surface area (Å²) in [6.07, 6.45) is 2.31. The molecular weight excluding hydrogens is 278 g/mol. The highest BCUT2D eigenvalue weighted by Crippen LogP contribution is 2.33. The number of nitrogens with zero attached hydrogens (tertiary/aromatic N) is 1. The lowest BCUT2D eigenvalue weighted by Crippen LogP contribution is -2.38. The Bertz CT molecular complexity index is 570. The summed E-state index contributed by atoms with van der Waals surface area (Å²) in [5.41, 5.74) is 7.49. The van der Waals surface area contributed by atoms with Crippen LogP contribution in [0.25, 0.3) is 0 Å². The third-order valence-corrected chi connectivity index (χ3v) is 3.90. The molecule has 1 fully saturated rings. The number of hydrogen-bond donors (Lipinski definition) is 2. The van der Waals surface area contributed by atoms with E-state index >= 15 is 0 Å². The van der Waals surface area contributed by atoms with Gasteiger partial charge in [-0.25, -0.2) is 0 Å². The van der Waals surface area contributed by atoms with Crippen LogP contribution >= 0.6 is 12.4 Å². The Morgan fingerprint density at radius 2 is 2.10 bits per heavy atom. The molecule has 0 saturated heterocycles. The van der Waals surface area contributed by atoms with Gasteiger partial charge in [0, 0.05) is 24.8 Å². The van der Waals surface area contributed by atoms with Gasteiger partial charge in [0.1, 0.15) is 0 Å². The van der Waals surface area contributed by atoms with Gasteiger partial charge in [-0.1, -0.05) is 6.07 Å². The fourth-order valence-electron chi connectivity index (χ4n) is 2.28. The Balaban J connectivity index is 0.00000147. The van der Waals surface area contributed by atoms with Gasteiger partial charge in [0.05, 0.1) is 5.54 Å². The molecule has 1 aromatic carbocycles. The summed E-state index contributed by atoms with van der Waals surface area (Å²) in [7, 11) is 1.79. The monoisotopic (exact) mass is 295 g/mol. The van der Waals surface area contributed by atoms with Crippen LogP contribution in [0.5, 0.6) is 0 Å². The number of carbonyl (C=O) groups excluding carboxylic acids is 2. The second-order valence-corrected chi connectivity index (χ2v) is 5.46. The first-order valence-electron chi connectivity index (χ1n) is 6.48. The van der Waals surface area contributed by atoms with Crippen molar-refractivity contribution in [2.24, 2.45) is 5.73 Å². The molecule has 1 heterocycles. The molecule has 0 aromatic heterocycles. The van der Waals surface area contributed by atoms with Gasteiger partial charge in [-0.3, -0.25) is 9.59 Å². The molecule has 3 rings (SSSR count). The first kappa shape index (κ1) is 14.8. The fraction of sp³-hybridized carbons (Fsp3) is 0.429. The quantitative estimate of drug-likeness (QED) is 0.860. The Hall–Kier alpha value is -1.59. The molecule has 1 aliphatic heterocycles. The smallest absolute Gasteiger partial charge is 0.253 e. The molecule has 0 unspecified atom stereocenters. The SMILES string of the molecule is CN1CCc2ccc(NC(=O)C3(N)CC3)cc2C1=O.Cl. The van der Waals surface area contributed by atoms with Gasteiger partial charge in [0.2, 0.25) is 5.91 Å². The van der Waals surface area contributed by atoms with Crippen LogP contribution in [0.1, 0.15) is 28.8 Å². The zero-order valence-electron chi connectivity index (χ0n) is 11.3. The lowest BCUT2D eigenvalue weighted by molar-refractivity contribution is -0.118. The van der Waals surface area contributed by atoms with E-state index in [4.69, 9.17) is 5.73 Å². The van der Waals surface area contributed by atoms with E-state index < -0.39 is 5.54 Å². The van der Waals surface area contributed by atoms with Crippen molar-refractivity contribution in [3.8, 4) is 0 Å². The number of rotatable bonds is 2. The number of carbonyl (C=O) groups is 2. The summed E-state index contributed by atoms with van der Waals surface area (Å²) < 4.78 is 0. The van der Waals surface area contributed by atoms with Gasteiger partial charge in [-0.15, -0.1) is 12.4 Å². The standard InChI is InChI=1S/C14H17N3O2.ClH/c1-17-7-4-9-2-3-10(8-11(9)12(17)18)16-13(19)14(15)5-6-14;/h2-3,8H,4-7,15H2,1H3,(H,16,19);1H. The Labute approximate surface area is 123 Å². The van der Waals surface area contributed by atoms with Gasteiger partial charge < -0.3 is 16.0 Å². The number of anilines is 1. The molecular formula is C14H18ClN3O2. The minimum Gasteiger partial charge on any atom is -0.341 e. The van der Waals surface area contributed by atoms with E-state index in [9.17, 15) is 9.59 Å². The van der Waals surface area contributed by atoms with E-state index in [1.807, 2.05) is 12.1 Å². The number of nitrogens with one attached hydrogen (secondary N) is 1. The molecule has 1 aromatic rings. The highest BCUT2D eigenvalue weighted by atomic mass is 35.5. The van der Waals surface area contributed by atoms with Gasteiger partial charge >= 0.3 is 0 Å². The van der Waals surface area contributed by atoms with Gasteiger partial charge in [-0.05, 0) is 37.0 Å². The third kappa shape index (κ3) is 2.51. The molecule has 2 amide bonds. The average Bonchev–Trinajstić information content (AvgIpc) is 3.14. The summed E-state index contributed by atoms with van der Waals surface area (Å²) in [5.74, 6) is -0.157. The summed E-state index contributed by atoms with van der Waals surface area (Å²) >= 11 is 0. The van der Waals surface area contributed by atoms with E-state index in [0.29, 0.717) is 11.3 Å². The predicted octanol–water partition coefficient (Wildman–Crippen LogP) is 1.17.